The monoisotopic (exact) mass is 342 g/mol. The molecule has 0 saturated carbocycles. The second-order valence-electron chi connectivity index (χ2n) is 6.78. The second kappa shape index (κ2) is 5.68. The molecule has 0 saturated heterocycles. The van der Waals surface area contributed by atoms with Gasteiger partial charge in [-0.1, -0.05) is 13.8 Å². The summed E-state index contributed by atoms with van der Waals surface area (Å²) < 4.78 is 6.84. The van der Waals surface area contributed by atoms with Gasteiger partial charge in [-0.25, -0.2) is 9.78 Å². The van der Waals surface area contributed by atoms with Crippen molar-refractivity contribution >= 4 is 28.7 Å². The van der Waals surface area contributed by atoms with Crippen molar-refractivity contribution in [3.8, 4) is 0 Å². The molecule has 2 heterocycles. The summed E-state index contributed by atoms with van der Waals surface area (Å²) in [4.78, 5) is 34.0. The van der Waals surface area contributed by atoms with Gasteiger partial charge in [0.15, 0.2) is 0 Å². The van der Waals surface area contributed by atoms with Gasteiger partial charge in [0, 0.05) is 7.05 Å². The zero-order valence-electron chi connectivity index (χ0n) is 15.3. The third kappa shape index (κ3) is 2.42. The molecule has 1 aromatic carbocycles. The Kier molecular flexibility index (Phi) is 3.89. The number of aryl methyl sites for hydroxylation is 2. The molecule has 1 N–H and O–H groups in total. The molecule has 1 amide bonds. The lowest BCUT2D eigenvalue weighted by atomic mass is 9.89. The molecule has 0 spiro atoms. The third-order valence-electron chi connectivity index (χ3n) is 5.08. The molecule has 2 aromatic rings. The standard InChI is InChI=1S/C18H22N4O3/c1-9(2)18(4)17(24)20-15(21-18)13-11(16(23)25-6)7-8-12-14(13)19-10(3)22(12)5/h7-9H,1-6H3,(H,20,21,24). The van der Waals surface area contributed by atoms with Gasteiger partial charge in [-0.15, -0.1) is 0 Å². The van der Waals surface area contributed by atoms with Gasteiger partial charge in [0.2, 0.25) is 0 Å². The zero-order chi connectivity index (χ0) is 18.5. The van der Waals surface area contributed by atoms with Crippen LogP contribution in [0, 0.1) is 12.8 Å². The summed E-state index contributed by atoms with van der Waals surface area (Å²) in [5.74, 6) is 0.504. The summed E-state index contributed by atoms with van der Waals surface area (Å²) in [6.07, 6.45) is 0. The van der Waals surface area contributed by atoms with Crippen molar-refractivity contribution in [2.45, 2.75) is 33.2 Å². The lowest BCUT2D eigenvalue weighted by Gasteiger charge is -2.21. The number of amides is 1. The van der Waals surface area contributed by atoms with Crippen LogP contribution in [-0.4, -0.2) is 39.9 Å². The predicted molar refractivity (Wildman–Crippen MR) is 94.7 cm³/mol. The number of nitrogens with one attached hydrogen (secondary N) is 1. The van der Waals surface area contributed by atoms with Gasteiger partial charge in [-0.2, -0.15) is 0 Å². The number of benzene rings is 1. The molecule has 1 aliphatic heterocycles. The minimum Gasteiger partial charge on any atom is -0.465 e. The van der Waals surface area contributed by atoms with Gasteiger partial charge < -0.3 is 14.6 Å². The first-order valence-corrected chi connectivity index (χ1v) is 8.16. The molecule has 1 aromatic heterocycles. The maximum Gasteiger partial charge on any atom is 0.338 e. The Hall–Kier alpha value is -2.70. The largest absolute Gasteiger partial charge is 0.465 e. The summed E-state index contributed by atoms with van der Waals surface area (Å²) in [6, 6.07) is 3.51. The van der Waals surface area contributed by atoms with Crippen LogP contribution in [-0.2, 0) is 16.6 Å². The topological polar surface area (TPSA) is 85.6 Å². The number of carbonyl (C=O) groups is 2. The Morgan fingerprint density at radius 3 is 2.60 bits per heavy atom. The van der Waals surface area contributed by atoms with Crippen molar-refractivity contribution in [3.63, 3.8) is 0 Å². The molecule has 7 nitrogen and oxygen atoms in total. The van der Waals surface area contributed by atoms with Gasteiger partial charge in [0.1, 0.15) is 22.7 Å². The summed E-state index contributed by atoms with van der Waals surface area (Å²) >= 11 is 0. The smallest absolute Gasteiger partial charge is 0.338 e. The Labute approximate surface area is 146 Å². The molecule has 1 atom stereocenters. The van der Waals surface area contributed by atoms with Crippen LogP contribution in [0.5, 0.6) is 0 Å². The Balaban J connectivity index is 2.32. The number of hydrogen-bond acceptors (Lipinski definition) is 5. The molecule has 1 unspecified atom stereocenters. The first kappa shape index (κ1) is 17.1. The van der Waals surface area contributed by atoms with Crippen LogP contribution in [0.15, 0.2) is 17.1 Å². The van der Waals surface area contributed by atoms with E-state index in [1.807, 2.05) is 38.5 Å². The molecular formula is C18H22N4O3. The number of imidazole rings is 1. The molecule has 0 bridgehead atoms. The van der Waals surface area contributed by atoms with E-state index < -0.39 is 11.5 Å². The van der Waals surface area contributed by atoms with Crippen LogP contribution in [0.2, 0.25) is 0 Å². The van der Waals surface area contributed by atoms with Crippen molar-refractivity contribution in [3.05, 3.63) is 29.1 Å². The Bertz CT molecular complexity index is 926. The summed E-state index contributed by atoms with van der Waals surface area (Å²) in [5, 5.41) is 2.84. The fourth-order valence-corrected chi connectivity index (χ4v) is 2.95. The molecular weight excluding hydrogens is 320 g/mol. The number of rotatable bonds is 3. The van der Waals surface area contributed by atoms with Gasteiger partial charge in [-0.3, -0.25) is 9.79 Å². The van der Waals surface area contributed by atoms with Crippen LogP contribution >= 0.6 is 0 Å². The van der Waals surface area contributed by atoms with Crippen molar-refractivity contribution in [2.75, 3.05) is 7.11 Å². The number of amidine groups is 1. The van der Waals surface area contributed by atoms with Crippen LogP contribution in [0.25, 0.3) is 11.0 Å². The van der Waals surface area contributed by atoms with Crippen molar-refractivity contribution in [1.29, 1.82) is 0 Å². The summed E-state index contributed by atoms with van der Waals surface area (Å²) in [7, 11) is 3.23. The van der Waals surface area contributed by atoms with E-state index in [-0.39, 0.29) is 11.8 Å². The highest BCUT2D eigenvalue weighted by atomic mass is 16.5. The molecule has 25 heavy (non-hydrogen) atoms. The molecule has 1 aliphatic rings. The highest BCUT2D eigenvalue weighted by molar-refractivity contribution is 6.22. The highest BCUT2D eigenvalue weighted by Crippen LogP contribution is 2.30. The summed E-state index contributed by atoms with van der Waals surface area (Å²) in [6.45, 7) is 7.56. The fourth-order valence-electron chi connectivity index (χ4n) is 2.95. The van der Waals surface area contributed by atoms with E-state index in [1.54, 1.807) is 13.0 Å². The van der Waals surface area contributed by atoms with Crippen molar-refractivity contribution < 1.29 is 14.3 Å². The SMILES string of the molecule is COC(=O)c1ccc2c(nc(C)n2C)c1C1=NC(C)(C(C)C)C(=O)N1. The minimum atomic E-state index is -0.880. The number of methoxy groups -OCH3 is 1. The van der Waals surface area contributed by atoms with Crippen LogP contribution in [0.4, 0.5) is 0 Å². The molecule has 7 heteroatoms. The van der Waals surface area contributed by atoms with E-state index in [9.17, 15) is 9.59 Å². The first-order valence-electron chi connectivity index (χ1n) is 8.16. The number of nitrogens with zero attached hydrogens (tertiary/aromatic N) is 3. The normalized spacial score (nSPS) is 20.1. The molecule has 0 radical (unpaired) electrons. The fraction of sp³-hybridized carbons (Fsp3) is 0.444. The van der Waals surface area contributed by atoms with E-state index in [4.69, 9.17) is 4.74 Å². The van der Waals surface area contributed by atoms with Crippen LogP contribution < -0.4 is 5.32 Å². The van der Waals surface area contributed by atoms with Gasteiger partial charge in [-0.05, 0) is 31.9 Å². The van der Waals surface area contributed by atoms with E-state index in [2.05, 4.69) is 15.3 Å². The van der Waals surface area contributed by atoms with E-state index in [0.717, 1.165) is 11.3 Å². The van der Waals surface area contributed by atoms with Gasteiger partial charge in [0.05, 0.1) is 23.8 Å². The second-order valence-corrected chi connectivity index (χ2v) is 6.78. The number of carbonyl (C=O) groups excluding carboxylic acids is 2. The molecule has 0 aliphatic carbocycles. The lowest BCUT2D eigenvalue weighted by Crippen LogP contribution is -2.41. The lowest BCUT2D eigenvalue weighted by molar-refractivity contribution is -0.124. The Morgan fingerprint density at radius 1 is 1.36 bits per heavy atom. The maximum absolute atomic E-state index is 12.5. The number of ether oxygens (including phenoxy) is 1. The number of aliphatic imine (C=N–C) groups is 1. The van der Waals surface area contributed by atoms with Gasteiger partial charge in [0.25, 0.3) is 5.91 Å². The third-order valence-corrected chi connectivity index (χ3v) is 5.08. The van der Waals surface area contributed by atoms with E-state index in [0.29, 0.717) is 22.5 Å². The van der Waals surface area contributed by atoms with E-state index in [1.165, 1.54) is 7.11 Å². The molecule has 132 valence electrons. The number of fused-ring (bicyclic) bond motifs is 1. The average molecular weight is 342 g/mol. The number of esters is 1. The predicted octanol–water partition coefficient (Wildman–Crippen LogP) is 1.96. The van der Waals surface area contributed by atoms with Crippen molar-refractivity contribution in [2.24, 2.45) is 18.0 Å². The summed E-state index contributed by atoms with van der Waals surface area (Å²) in [5.41, 5.74) is 1.44. The zero-order valence-corrected chi connectivity index (χ0v) is 15.3. The minimum absolute atomic E-state index is 0.0104. The molecule has 0 fully saturated rings. The quantitative estimate of drug-likeness (QED) is 0.864. The average Bonchev–Trinajstić information content (AvgIpc) is 3.03. The van der Waals surface area contributed by atoms with Crippen molar-refractivity contribution in [1.82, 2.24) is 14.9 Å². The molecule has 3 rings (SSSR count). The van der Waals surface area contributed by atoms with Crippen LogP contribution in [0.1, 0.15) is 42.5 Å². The highest BCUT2D eigenvalue weighted by Gasteiger charge is 2.43. The number of aromatic nitrogens is 2. The first-order chi connectivity index (χ1) is 11.7. The Morgan fingerprint density at radius 2 is 2.04 bits per heavy atom. The number of hydrogen-bond donors (Lipinski definition) is 1. The van der Waals surface area contributed by atoms with Crippen LogP contribution in [0.3, 0.4) is 0 Å². The maximum atomic E-state index is 12.5. The van der Waals surface area contributed by atoms with Gasteiger partial charge >= 0.3 is 5.97 Å². The van der Waals surface area contributed by atoms with E-state index >= 15 is 0 Å².